The molecule has 0 amide bonds. The Kier molecular flexibility index (Phi) is 3.52. The van der Waals surface area contributed by atoms with Gasteiger partial charge in [0.25, 0.3) is 0 Å². The van der Waals surface area contributed by atoms with E-state index in [1.165, 1.54) is 16.7 Å². The van der Waals surface area contributed by atoms with Crippen molar-refractivity contribution in [3.8, 4) is 0 Å². The van der Waals surface area contributed by atoms with Crippen LogP contribution in [-0.4, -0.2) is 25.5 Å². The maximum Gasteiger partial charge on any atom is 0.152 e. The van der Waals surface area contributed by atoms with Crippen LogP contribution in [0.15, 0.2) is 18.2 Å². The molecule has 1 N–H and O–H groups in total. The predicted molar refractivity (Wildman–Crippen MR) is 74.4 cm³/mol. The van der Waals surface area contributed by atoms with Gasteiger partial charge in [0.15, 0.2) is 9.84 Å². The number of nitrogens with one attached hydrogen (secondary N) is 1. The zero-order valence-corrected chi connectivity index (χ0v) is 12.1. The van der Waals surface area contributed by atoms with Crippen LogP contribution >= 0.6 is 0 Å². The van der Waals surface area contributed by atoms with Crippen LogP contribution < -0.4 is 5.32 Å². The van der Waals surface area contributed by atoms with E-state index in [1.54, 1.807) is 0 Å². The lowest BCUT2D eigenvalue weighted by Gasteiger charge is -2.25. The molecule has 1 aromatic rings. The number of rotatable bonds is 3. The van der Waals surface area contributed by atoms with E-state index in [-0.39, 0.29) is 11.3 Å². The van der Waals surface area contributed by atoms with Crippen molar-refractivity contribution in [2.24, 2.45) is 0 Å². The highest BCUT2D eigenvalue weighted by Crippen LogP contribution is 2.24. The molecule has 1 saturated heterocycles. The van der Waals surface area contributed by atoms with E-state index in [9.17, 15) is 8.42 Å². The van der Waals surface area contributed by atoms with Crippen molar-refractivity contribution < 1.29 is 8.42 Å². The molecule has 1 aliphatic heterocycles. The van der Waals surface area contributed by atoms with Crippen molar-refractivity contribution >= 4 is 9.84 Å². The van der Waals surface area contributed by atoms with Crippen molar-refractivity contribution in [2.75, 3.05) is 11.5 Å². The molecule has 0 radical (unpaired) electrons. The summed E-state index contributed by atoms with van der Waals surface area (Å²) in [5, 5.41) is 3.43. The molecule has 0 aromatic heterocycles. The standard InChI is InChI=1S/C14H21NO2S/c1-11-5-4-6-12(2)13(11)9-15-14(3)7-8-18(16,17)10-14/h4-6,15H,7-10H2,1-3H3. The van der Waals surface area contributed by atoms with Crippen molar-refractivity contribution in [3.63, 3.8) is 0 Å². The van der Waals surface area contributed by atoms with Gasteiger partial charge < -0.3 is 5.32 Å². The van der Waals surface area contributed by atoms with Gasteiger partial charge in [-0.2, -0.15) is 0 Å². The van der Waals surface area contributed by atoms with Crippen molar-refractivity contribution in [1.29, 1.82) is 0 Å². The van der Waals surface area contributed by atoms with Crippen LogP contribution in [0.4, 0.5) is 0 Å². The summed E-state index contributed by atoms with van der Waals surface area (Å²) >= 11 is 0. The largest absolute Gasteiger partial charge is 0.306 e. The van der Waals surface area contributed by atoms with E-state index in [1.807, 2.05) is 6.92 Å². The van der Waals surface area contributed by atoms with Gasteiger partial charge >= 0.3 is 0 Å². The third-order valence-corrected chi connectivity index (χ3v) is 5.74. The first-order valence-corrected chi connectivity index (χ1v) is 8.14. The minimum Gasteiger partial charge on any atom is -0.306 e. The molecule has 0 bridgehead atoms. The first-order valence-electron chi connectivity index (χ1n) is 6.32. The Labute approximate surface area is 110 Å². The quantitative estimate of drug-likeness (QED) is 0.911. The fourth-order valence-corrected chi connectivity index (χ4v) is 4.70. The molecule has 1 aromatic carbocycles. The molecular formula is C14H21NO2S. The molecule has 1 heterocycles. The molecule has 18 heavy (non-hydrogen) atoms. The lowest BCUT2D eigenvalue weighted by Crippen LogP contribution is -2.43. The smallest absolute Gasteiger partial charge is 0.152 e. The Balaban J connectivity index is 2.09. The maximum atomic E-state index is 11.6. The summed E-state index contributed by atoms with van der Waals surface area (Å²) in [6, 6.07) is 6.24. The average molecular weight is 267 g/mol. The minimum atomic E-state index is -2.84. The normalized spacial score (nSPS) is 26.4. The topological polar surface area (TPSA) is 46.2 Å². The summed E-state index contributed by atoms with van der Waals surface area (Å²) in [5.74, 6) is 0.564. The van der Waals surface area contributed by atoms with Crippen LogP contribution in [0.3, 0.4) is 0 Å². The Hall–Kier alpha value is -0.870. The maximum absolute atomic E-state index is 11.6. The number of aryl methyl sites for hydroxylation is 2. The van der Waals surface area contributed by atoms with Gasteiger partial charge in [0.05, 0.1) is 11.5 Å². The molecule has 1 atom stereocenters. The van der Waals surface area contributed by atoms with Crippen LogP contribution in [0.2, 0.25) is 0 Å². The summed E-state index contributed by atoms with van der Waals surface area (Å²) < 4.78 is 23.1. The van der Waals surface area contributed by atoms with Gasteiger partial charge in [-0.1, -0.05) is 18.2 Å². The number of hydrogen-bond acceptors (Lipinski definition) is 3. The highest BCUT2D eigenvalue weighted by Gasteiger charge is 2.37. The van der Waals surface area contributed by atoms with Gasteiger partial charge in [-0.25, -0.2) is 8.42 Å². The molecule has 1 aliphatic rings. The van der Waals surface area contributed by atoms with E-state index >= 15 is 0 Å². The number of sulfone groups is 1. The Bertz CT molecular complexity index is 531. The summed E-state index contributed by atoms with van der Waals surface area (Å²) in [4.78, 5) is 0. The first kappa shape index (κ1) is 13.6. The van der Waals surface area contributed by atoms with Crippen molar-refractivity contribution in [1.82, 2.24) is 5.32 Å². The number of hydrogen-bond donors (Lipinski definition) is 1. The third-order valence-electron chi connectivity index (χ3n) is 3.84. The van der Waals surface area contributed by atoms with Gasteiger partial charge in [0.1, 0.15) is 0 Å². The predicted octanol–water partition coefficient (Wildman–Crippen LogP) is 1.97. The lowest BCUT2D eigenvalue weighted by molar-refractivity contribution is 0.395. The molecule has 2 rings (SSSR count). The van der Waals surface area contributed by atoms with Crippen LogP contribution in [0.1, 0.15) is 30.0 Å². The zero-order valence-electron chi connectivity index (χ0n) is 11.3. The summed E-state index contributed by atoms with van der Waals surface area (Å²) in [7, 11) is -2.84. The number of benzene rings is 1. The lowest BCUT2D eigenvalue weighted by atomic mass is 9.99. The van der Waals surface area contributed by atoms with Crippen LogP contribution in [0.5, 0.6) is 0 Å². The molecule has 1 fully saturated rings. The molecular weight excluding hydrogens is 246 g/mol. The molecule has 4 heteroatoms. The zero-order chi connectivity index (χ0) is 13.4. The Morgan fingerprint density at radius 3 is 2.39 bits per heavy atom. The van der Waals surface area contributed by atoms with Crippen molar-refractivity contribution in [2.45, 2.75) is 39.3 Å². The molecule has 3 nitrogen and oxygen atoms in total. The summed E-state index contributed by atoms with van der Waals surface area (Å²) in [5.41, 5.74) is 3.52. The van der Waals surface area contributed by atoms with E-state index in [0.29, 0.717) is 12.2 Å². The van der Waals surface area contributed by atoms with E-state index in [0.717, 1.165) is 6.54 Å². The third kappa shape index (κ3) is 2.93. The van der Waals surface area contributed by atoms with E-state index in [4.69, 9.17) is 0 Å². The molecule has 100 valence electrons. The highest BCUT2D eigenvalue weighted by molar-refractivity contribution is 7.91. The monoisotopic (exact) mass is 267 g/mol. The van der Waals surface area contributed by atoms with Gasteiger partial charge in [0, 0.05) is 12.1 Å². The van der Waals surface area contributed by atoms with Gasteiger partial charge in [-0.15, -0.1) is 0 Å². The molecule has 0 saturated carbocycles. The van der Waals surface area contributed by atoms with Gasteiger partial charge in [-0.3, -0.25) is 0 Å². The van der Waals surface area contributed by atoms with Gasteiger partial charge in [-0.05, 0) is 43.9 Å². The van der Waals surface area contributed by atoms with Gasteiger partial charge in [0.2, 0.25) is 0 Å². The van der Waals surface area contributed by atoms with Crippen LogP contribution in [0.25, 0.3) is 0 Å². The summed E-state index contributed by atoms with van der Waals surface area (Å²) in [6.07, 6.45) is 0.709. The van der Waals surface area contributed by atoms with Crippen LogP contribution in [0, 0.1) is 13.8 Å². The van der Waals surface area contributed by atoms with Crippen LogP contribution in [-0.2, 0) is 16.4 Å². The molecule has 0 aliphatic carbocycles. The Morgan fingerprint density at radius 2 is 1.89 bits per heavy atom. The fourth-order valence-electron chi connectivity index (χ4n) is 2.58. The SMILES string of the molecule is Cc1cccc(C)c1CNC1(C)CCS(=O)(=O)C1. The molecule has 0 spiro atoms. The fraction of sp³-hybridized carbons (Fsp3) is 0.571. The second kappa shape index (κ2) is 4.67. The highest BCUT2D eigenvalue weighted by atomic mass is 32.2. The van der Waals surface area contributed by atoms with Crippen molar-refractivity contribution in [3.05, 3.63) is 34.9 Å². The van der Waals surface area contributed by atoms with E-state index < -0.39 is 9.84 Å². The summed E-state index contributed by atoms with van der Waals surface area (Å²) in [6.45, 7) is 6.94. The average Bonchev–Trinajstić information content (AvgIpc) is 2.53. The second-order valence-corrected chi connectivity index (χ2v) is 7.81. The molecule has 1 unspecified atom stereocenters. The second-order valence-electron chi connectivity index (χ2n) is 5.63. The Morgan fingerprint density at radius 1 is 1.28 bits per heavy atom. The minimum absolute atomic E-state index is 0.255. The van der Waals surface area contributed by atoms with E-state index in [2.05, 4.69) is 37.4 Å². The first-order chi connectivity index (χ1) is 8.31.